The second kappa shape index (κ2) is 7.07. The minimum absolute atomic E-state index is 0.0165. The highest BCUT2D eigenvalue weighted by molar-refractivity contribution is 5.95. The van der Waals surface area contributed by atoms with Crippen LogP contribution in [0.5, 0.6) is 0 Å². The van der Waals surface area contributed by atoms with Crippen LogP contribution in [0.4, 0.5) is 5.69 Å². The molecular formula is C17H22N2O2. The number of anilines is 1. The van der Waals surface area contributed by atoms with E-state index >= 15 is 0 Å². The van der Waals surface area contributed by atoms with Gasteiger partial charge in [-0.15, -0.1) is 0 Å². The Bertz CT molecular complexity index is 564. The van der Waals surface area contributed by atoms with Gasteiger partial charge in [-0.25, -0.2) is 0 Å². The number of hydrogen-bond acceptors (Lipinski definition) is 2. The largest absolute Gasteiger partial charge is 0.347 e. The fourth-order valence-corrected chi connectivity index (χ4v) is 2.44. The maximum absolute atomic E-state index is 11.9. The number of carbonyl (C=O) groups excluding carboxylic acids is 2. The number of carbonyl (C=O) groups is 2. The van der Waals surface area contributed by atoms with E-state index in [1.807, 2.05) is 32.0 Å². The SMILES string of the molecule is Cc1cccc(NC(=O)CNC(=O)CC2C=CCC2)c1C. The standard InChI is InChI=1S/C17H22N2O2/c1-12-6-5-9-15(13(12)2)19-17(21)11-18-16(20)10-14-7-3-4-8-14/h3,5-7,9,14H,4,8,10-11H2,1-2H3,(H,18,20)(H,19,21). The molecule has 0 spiro atoms. The molecule has 21 heavy (non-hydrogen) atoms. The fraction of sp³-hybridized carbons (Fsp3) is 0.412. The Kier molecular flexibility index (Phi) is 5.14. The first kappa shape index (κ1) is 15.3. The molecule has 0 fully saturated rings. The lowest BCUT2D eigenvalue weighted by Gasteiger charge is -2.11. The number of allylic oxidation sites excluding steroid dienone is 2. The molecule has 1 unspecified atom stereocenters. The van der Waals surface area contributed by atoms with Crippen molar-refractivity contribution < 1.29 is 9.59 Å². The lowest BCUT2D eigenvalue weighted by atomic mass is 10.1. The zero-order chi connectivity index (χ0) is 15.2. The third kappa shape index (κ3) is 4.45. The molecule has 0 saturated carbocycles. The zero-order valence-electron chi connectivity index (χ0n) is 12.6. The Hall–Kier alpha value is -2.10. The van der Waals surface area contributed by atoms with Crippen molar-refractivity contribution in [3.05, 3.63) is 41.5 Å². The molecule has 1 aliphatic carbocycles. The van der Waals surface area contributed by atoms with Gasteiger partial charge >= 0.3 is 0 Å². The van der Waals surface area contributed by atoms with Crippen molar-refractivity contribution in [3.63, 3.8) is 0 Å². The van der Waals surface area contributed by atoms with Crippen LogP contribution in [0.15, 0.2) is 30.4 Å². The van der Waals surface area contributed by atoms with Gasteiger partial charge in [0.2, 0.25) is 11.8 Å². The van der Waals surface area contributed by atoms with Crippen LogP contribution in [0, 0.1) is 19.8 Å². The van der Waals surface area contributed by atoms with Crippen LogP contribution < -0.4 is 10.6 Å². The second-order valence-electron chi connectivity index (χ2n) is 5.54. The van der Waals surface area contributed by atoms with Crippen molar-refractivity contribution in [1.29, 1.82) is 0 Å². The molecule has 1 aromatic carbocycles. The normalized spacial score (nSPS) is 16.8. The number of aryl methyl sites for hydroxylation is 1. The lowest BCUT2D eigenvalue weighted by Crippen LogP contribution is -2.33. The maximum atomic E-state index is 11.9. The summed E-state index contributed by atoms with van der Waals surface area (Å²) in [6.45, 7) is 3.99. The predicted molar refractivity (Wildman–Crippen MR) is 84.0 cm³/mol. The zero-order valence-corrected chi connectivity index (χ0v) is 12.6. The predicted octanol–water partition coefficient (Wildman–Crippen LogP) is 2.71. The average Bonchev–Trinajstić information content (AvgIpc) is 2.94. The highest BCUT2D eigenvalue weighted by Crippen LogP contribution is 2.20. The van der Waals surface area contributed by atoms with Crippen molar-refractivity contribution in [2.24, 2.45) is 5.92 Å². The summed E-state index contributed by atoms with van der Waals surface area (Å²) in [7, 11) is 0. The Morgan fingerprint density at radius 3 is 2.76 bits per heavy atom. The van der Waals surface area contributed by atoms with E-state index < -0.39 is 0 Å². The maximum Gasteiger partial charge on any atom is 0.243 e. The number of rotatable bonds is 5. The van der Waals surface area contributed by atoms with Crippen LogP contribution in [-0.2, 0) is 9.59 Å². The van der Waals surface area contributed by atoms with Gasteiger partial charge in [-0.2, -0.15) is 0 Å². The molecule has 0 aliphatic heterocycles. The molecule has 1 aromatic rings. The summed E-state index contributed by atoms with van der Waals surface area (Å²) >= 11 is 0. The van der Waals surface area contributed by atoms with Crippen LogP contribution in [0.3, 0.4) is 0 Å². The molecule has 2 N–H and O–H groups in total. The van der Waals surface area contributed by atoms with Crippen LogP contribution in [0.2, 0.25) is 0 Å². The van der Waals surface area contributed by atoms with Crippen LogP contribution in [-0.4, -0.2) is 18.4 Å². The smallest absolute Gasteiger partial charge is 0.243 e. The minimum atomic E-state index is -0.195. The van der Waals surface area contributed by atoms with Gasteiger partial charge in [-0.05, 0) is 49.8 Å². The molecular weight excluding hydrogens is 264 g/mol. The Morgan fingerprint density at radius 2 is 2.05 bits per heavy atom. The van der Waals surface area contributed by atoms with E-state index in [2.05, 4.69) is 22.8 Å². The molecule has 2 amide bonds. The van der Waals surface area contributed by atoms with Crippen LogP contribution in [0.25, 0.3) is 0 Å². The highest BCUT2D eigenvalue weighted by atomic mass is 16.2. The lowest BCUT2D eigenvalue weighted by molar-refractivity contribution is -0.124. The van der Waals surface area contributed by atoms with Gasteiger partial charge in [0.05, 0.1) is 6.54 Å². The highest BCUT2D eigenvalue weighted by Gasteiger charge is 2.14. The molecule has 1 aliphatic rings. The first-order valence-corrected chi connectivity index (χ1v) is 7.35. The van der Waals surface area contributed by atoms with Gasteiger partial charge in [-0.3, -0.25) is 9.59 Å². The Morgan fingerprint density at radius 1 is 1.24 bits per heavy atom. The van der Waals surface area contributed by atoms with E-state index in [1.165, 1.54) is 0 Å². The van der Waals surface area contributed by atoms with Crippen molar-refractivity contribution in [2.45, 2.75) is 33.1 Å². The molecule has 4 heteroatoms. The van der Waals surface area contributed by atoms with Crippen LogP contribution >= 0.6 is 0 Å². The summed E-state index contributed by atoms with van der Waals surface area (Å²) < 4.78 is 0. The summed E-state index contributed by atoms with van der Waals surface area (Å²) in [5.41, 5.74) is 2.98. The Balaban J connectivity index is 1.78. The molecule has 0 radical (unpaired) electrons. The van der Waals surface area contributed by atoms with Crippen molar-refractivity contribution in [2.75, 3.05) is 11.9 Å². The first-order valence-electron chi connectivity index (χ1n) is 7.35. The molecule has 2 rings (SSSR count). The van der Waals surface area contributed by atoms with Gasteiger partial charge in [0, 0.05) is 12.1 Å². The number of benzene rings is 1. The monoisotopic (exact) mass is 286 g/mol. The summed E-state index contributed by atoms with van der Waals surface area (Å²) in [5, 5.41) is 5.51. The summed E-state index contributed by atoms with van der Waals surface area (Å²) in [6.07, 6.45) is 6.72. The van der Waals surface area contributed by atoms with Gasteiger partial charge in [-0.1, -0.05) is 24.3 Å². The van der Waals surface area contributed by atoms with E-state index in [1.54, 1.807) is 0 Å². The van der Waals surface area contributed by atoms with Crippen molar-refractivity contribution in [3.8, 4) is 0 Å². The number of hydrogen-bond donors (Lipinski definition) is 2. The third-order valence-corrected chi connectivity index (χ3v) is 3.88. The second-order valence-corrected chi connectivity index (χ2v) is 5.54. The Labute approximate surface area is 125 Å². The molecule has 0 aromatic heterocycles. The minimum Gasteiger partial charge on any atom is -0.347 e. The van der Waals surface area contributed by atoms with Crippen molar-refractivity contribution >= 4 is 17.5 Å². The van der Waals surface area contributed by atoms with E-state index in [0.29, 0.717) is 12.3 Å². The van der Waals surface area contributed by atoms with Gasteiger partial charge in [0.15, 0.2) is 0 Å². The molecule has 112 valence electrons. The van der Waals surface area contributed by atoms with Crippen LogP contribution in [0.1, 0.15) is 30.4 Å². The van der Waals surface area contributed by atoms with E-state index in [4.69, 9.17) is 0 Å². The molecule has 0 saturated heterocycles. The van der Waals surface area contributed by atoms with Crippen molar-refractivity contribution in [1.82, 2.24) is 5.32 Å². The third-order valence-electron chi connectivity index (χ3n) is 3.88. The molecule has 1 atom stereocenters. The average molecular weight is 286 g/mol. The number of nitrogens with one attached hydrogen (secondary N) is 2. The van der Waals surface area contributed by atoms with Gasteiger partial charge in [0.1, 0.15) is 0 Å². The first-order chi connectivity index (χ1) is 10.1. The molecule has 0 heterocycles. The topological polar surface area (TPSA) is 58.2 Å². The van der Waals surface area contributed by atoms with Gasteiger partial charge in [0.25, 0.3) is 0 Å². The fourth-order valence-electron chi connectivity index (χ4n) is 2.44. The molecule has 4 nitrogen and oxygen atoms in total. The van der Waals surface area contributed by atoms with Gasteiger partial charge < -0.3 is 10.6 Å². The van der Waals surface area contributed by atoms with E-state index in [0.717, 1.165) is 29.7 Å². The summed E-state index contributed by atoms with van der Waals surface area (Å²) in [6, 6.07) is 5.77. The van der Waals surface area contributed by atoms with E-state index in [-0.39, 0.29) is 18.4 Å². The van der Waals surface area contributed by atoms with E-state index in [9.17, 15) is 9.59 Å². The number of amides is 2. The quantitative estimate of drug-likeness (QED) is 0.818. The molecule has 0 bridgehead atoms. The summed E-state index contributed by atoms with van der Waals surface area (Å²) in [4.78, 5) is 23.6. The summed E-state index contributed by atoms with van der Waals surface area (Å²) in [5.74, 6) is 0.0637.